The first kappa shape index (κ1) is 19.7. The predicted molar refractivity (Wildman–Crippen MR) is 102 cm³/mol. The molecule has 2 amide bonds. The molecule has 1 aromatic carbocycles. The highest BCUT2D eigenvalue weighted by Gasteiger charge is 2.38. The van der Waals surface area contributed by atoms with E-state index in [4.69, 9.17) is 0 Å². The van der Waals surface area contributed by atoms with Crippen LogP contribution in [0, 0.1) is 25.7 Å². The normalized spacial score (nSPS) is 26.3. The summed E-state index contributed by atoms with van der Waals surface area (Å²) in [6.07, 6.45) is 1.52. The highest BCUT2D eigenvalue weighted by molar-refractivity contribution is 6.09. The van der Waals surface area contributed by atoms with Gasteiger partial charge in [-0.3, -0.25) is 9.59 Å². The van der Waals surface area contributed by atoms with Crippen molar-refractivity contribution in [2.45, 2.75) is 39.7 Å². The van der Waals surface area contributed by atoms with E-state index in [1.54, 1.807) is 4.90 Å². The summed E-state index contributed by atoms with van der Waals surface area (Å²) < 4.78 is 0. The molecule has 2 aliphatic rings. The molecule has 2 N–H and O–H groups in total. The van der Waals surface area contributed by atoms with Crippen molar-refractivity contribution >= 4 is 29.9 Å². The van der Waals surface area contributed by atoms with Gasteiger partial charge in [-0.15, -0.1) is 12.4 Å². The summed E-state index contributed by atoms with van der Waals surface area (Å²) in [5.74, 6) is -0.327. The van der Waals surface area contributed by atoms with E-state index < -0.39 is 5.92 Å². The van der Waals surface area contributed by atoms with E-state index in [1.165, 1.54) is 0 Å². The van der Waals surface area contributed by atoms with E-state index in [2.05, 4.69) is 23.6 Å². The molecule has 0 spiro atoms. The summed E-state index contributed by atoms with van der Waals surface area (Å²) in [4.78, 5) is 27.1. The average molecular weight is 366 g/mol. The molecule has 6 heteroatoms. The molecule has 3 unspecified atom stereocenters. The van der Waals surface area contributed by atoms with E-state index in [0.29, 0.717) is 18.9 Å². The molecule has 0 bridgehead atoms. The van der Waals surface area contributed by atoms with Gasteiger partial charge in [0.05, 0.1) is 0 Å². The van der Waals surface area contributed by atoms with E-state index >= 15 is 0 Å². The van der Waals surface area contributed by atoms with Crippen molar-refractivity contribution in [2.24, 2.45) is 11.8 Å². The van der Waals surface area contributed by atoms with Crippen molar-refractivity contribution in [1.82, 2.24) is 10.6 Å². The fraction of sp³-hybridized carbons (Fsp3) is 0.579. The minimum Gasteiger partial charge on any atom is -0.352 e. The van der Waals surface area contributed by atoms with E-state index in [0.717, 1.165) is 36.3 Å². The van der Waals surface area contributed by atoms with Crippen LogP contribution in [0.25, 0.3) is 0 Å². The number of hydrogen-bond acceptors (Lipinski definition) is 3. The minimum atomic E-state index is -0.548. The molecule has 2 aliphatic heterocycles. The SMILES string of the molecule is Cc1cc(C)cc(N2CCC(C(=O)NC3CCNCC3C)C2=O)c1.Cl. The lowest BCUT2D eigenvalue weighted by Gasteiger charge is -2.30. The van der Waals surface area contributed by atoms with Gasteiger partial charge in [-0.1, -0.05) is 13.0 Å². The third kappa shape index (κ3) is 4.33. The zero-order chi connectivity index (χ0) is 17.3. The number of hydrogen-bond donors (Lipinski definition) is 2. The van der Waals surface area contributed by atoms with Gasteiger partial charge in [0, 0.05) is 18.3 Å². The Balaban J connectivity index is 0.00000225. The molecule has 2 saturated heterocycles. The fourth-order valence-electron chi connectivity index (χ4n) is 3.80. The van der Waals surface area contributed by atoms with Crippen LogP contribution in [-0.4, -0.2) is 37.5 Å². The van der Waals surface area contributed by atoms with Crippen LogP contribution in [0.5, 0.6) is 0 Å². The maximum Gasteiger partial charge on any atom is 0.239 e. The number of nitrogens with one attached hydrogen (secondary N) is 2. The Morgan fingerprint density at radius 3 is 2.52 bits per heavy atom. The Labute approximate surface area is 155 Å². The fourth-order valence-corrected chi connectivity index (χ4v) is 3.80. The number of aryl methyl sites for hydroxylation is 2. The van der Waals surface area contributed by atoms with E-state index in [9.17, 15) is 9.59 Å². The first-order valence-corrected chi connectivity index (χ1v) is 8.86. The van der Waals surface area contributed by atoms with Gasteiger partial charge in [-0.25, -0.2) is 0 Å². The van der Waals surface area contributed by atoms with Crippen LogP contribution < -0.4 is 15.5 Å². The number of nitrogens with zero attached hydrogens (tertiary/aromatic N) is 1. The topological polar surface area (TPSA) is 61.4 Å². The number of piperidine rings is 1. The van der Waals surface area contributed by atoms with E-state index in [-0.39, 0.29) is 30.3 Å². The standard InChI is InChI=1S/C19H27N3O2.ClH/c1-12-8-13(2)10-15(9-12)22-7-5-16(19(22)24)18(23)21-17-4-6-20-11-14(17)3;/h8-10,14,16-17,20H,4-7,11H2,1-3H3,(H,21,23);1H. The van der Waals surface area contributed by atoms with Gasteiger partial charge >= 0.3 is 0 Å². The van der Waals surface area contributed by atoms with Crippen LogP contribution >= 0.6 is 12.4 Å². The summed E-state index contributed by atoms with van der Waals surface area (Å²) in [5, 5.41) is 6.44. The monoisotopic (exact) mass is 365 g/mol. The summed E-state index contributed by atoms with van der Waals surface area (Å²) in [6.45, 7) is 8.64. The lowest BCUT2D eigenvalue weighted by atomic mass is 9.94. The Morgan fingerprint density at radius 2 is 1.88 bits per heavy atom. The van der Waals surface area contributed by atoms with Crippen LogP contribution in [0.15, 0.2) is 18.2 Å². The zero-order valence-electron chi connectivity index (χ0n) is 15.2. The molecular formula is C19H28ClN3O2. The summed E-state index contributed by atoms with van der Waals surface area (Å²) in [6, 6.07) is 6.29. The zero-order valence-corrected chi connectivity index (χ0v) is 16.0. The van der Waals surface area contributed by atoms with Gasteiger partial charge in [-0.2, -0.15) is 0 Å². The molecular weight excluding hydrogens is 338 g/mol. The second-order valence-corrected chi connectivity index (χ2v) is 7.26. The quantitative estimate of drug-likeness (QED) is 0.807. The summed E-state index contributed by atoms with van der Waals surface area (Å²) in [7, 11) is 0. The lowest BCUT2D eigenvalue weighted by Crippen LogP contribution is -2.50. The number of carbonyl (C=O) groups excluding carboxylic acids is 2. The molecule has 2 heterocycles. The third-order valence-electron chi connectivity index (χ3n) is 5.15. The molecule has 0 saturated carbocycles. The number of anilines is 1. The summed E-state index contributed by atoms with van der Waals surface area (Å²) in [5.41, 5.74) is 3.17. The molecule has 0 radical (unpaired) electrons. The maximum atomic E-state index is 12.7. The molecule has 138 valence electrons. The number of carbonyl (C=O) groups is 2. The molecule has 2 fully saturated rings. The Morgan fingerprint density at radius 1 is 1.20 bits per heavy atom. The summed E-state index contributed by atoms with van der Waals surface area (Å²) >= 11 is 0. The molecule has 3 rings (SSSR count). The first-order valence-electron chi connectivity index (χ1n) is 8.86. The van der Waals surface area contributed by atoms with Gasteiger partial charge in [0.2, 0.25) is 11.8 Å². The van der Waals surface area contributed by atoms with Crippen molar-refractivity contribution in [3.05, 3.63) is 29.3 Å². The van der Waals surface area contributed by atoms with Crippen LogP contribution in [-0.2, 0) is 9.59 Å². The number of benzene rings is 1. The van der Waals surface area contributed by atoms with Crippen molar-refractivity contribution in [1.29, 1.82) is 0 Å². The van der Waals surface area contributed by atoms with Gasteiger partial charge in [0.1, 0.15) is 5.92 Å². The lowest BCUT2D eigenvalue weighted by molar-refractivity contribution is -0.132. The smallest absolute Gasteiger partial charge is 0.239 e. The van der Waals surface area contributed by atoms with Crippen molar-refractivity contribution in [3.63, 3.8) is 0 Å². The molecule has 0 aromatic heterocycles. The maximum absolute atomic E-state index is 12.7. The van der Waals surface area contributed by atoms with Crippen molar-refractivity contribution < 1.29 is 9.59 Å². The average Bonchev–Trinajstić information content (AvgIpc) is 2.90. The molecule has 3 atom stereocenters. The second-order valence-electron chi connectivity index (χ2n) is 7.26. The predicted octanol–water partition coefficient (Wildman–Crippen LogP) is 2.19. The van der Waals surface area contributed by atoms with Crippen LogP contribution in [0.1, 0.15) is 30.9 Å². The van der Waals surface area contributed by atoms with E-state index in [1.807, 2.05) is 26.0 Å². The van der Waals surface area contributed by atoms with Crippen LogP contribution in [0.3, 0.4) is 0 Å². The highest BCUT2D eigenvalue weighted by Crippen LogP contribution is 2.27. The van der Waals surface area contributed by atoms with Crippen molar-refractivity contribution in [2.75, 3.05) is 24.5 Å². The Bertz CT molecular complexity index is 629. The molecule has 0 aliphatic carbocycles. The largest absolute Gasteiger partial charge is 0.352 e. The van der Waals surface area contributed by atoms with Crippen molar-refractivity contribution in [3.8, 4) is 0 Å². The first-order chi connectivity index (χ1) is 11.5. The molecule has 5 nitrogen and oxygen atoms in total. The number of halogens is 1. The van der Waals surface area contributed by atoms with Gasteiger partial charge in [0.15, 0.2) is 0 Å². The molecule has 1 aromatic rings. The van der Waals surface area contributed by atoms with Crippen LogP contribution in [0.4, 0.5) is 5.69 Å². The third-order valence-corrected chi connectivity index (χ3v) is 5.15. The highest BCUT2D eigenvalue weighted by atomic mass is 35.5. The Hall–Kier alpha value is -1.59. The van der Waals surface area contributed by atoms with Gasteiger partial charge < -0.3 is 15.5 Å². The minimum absolute atomic E-state index is 0. The molecule has 25 heavy (non-hydrogen) atoms. The second kappa shape index (κ2) is 8.19. The van der Waals surface area contributed by atoms with Gasteiger partial charge in [-0.05, 0) is 69.0 Å². The number of amides is 2. The van der Waals surface area contributed by atoms with Crippen LogP contribution in [0.2, 0.25) is 0 Å². The Kier molecular flexibility index (Phi) is 6.47. The number of rotatable bonds is 3. The van der Waals surface area contributed by atoms with Gasteiger partial charge in [0.25, 0.3) is 0 Å².